The molecule has 0 radical (unpaired) electrons. The van der Waals surface area contributed by atoms with Crippen LogP contribution >= 0.6 is 0 Å². The summed E-state index contributed by atoms with van der Waals surface area (Å²) in [5, 5.41) is 0. The van der Waals surface area contributed by atoms with Crippen LogP contribution in [0.15, 0.2) is 0 Å². The van der Waals surface area contributed by atoms with Crippen molar-refractivity contribution in [1.29, 1.82) is 0 Å². The number of carbonyl (C=O) groups excluding carboxylic acids is 6. The van der Waals surface area contributed by atoms with Gasteiger partial charge in [-0.15, -0.1) is 0 Å². The van der Waals surface area contributed by atoms with Gasteiger partial charge in [0.2, 0.25) is 35.4 Å². The fourth-order valence-corrected chi connectivity index (χ4v) is 10.3. The van der Waals surface area contributed by atoms with Crippen LogP contribution in [-0.2, 0) is 43.0 Å². The molecule has 6 rings (SSSR count). The minimum atomic E-state index is 0.308. The Kier molecular flexibility index (Phi) is 33.3. The molecule has 0 aromatic carbocycles. The Morgan fingerprint density at radius 3 is 0.648 bits per heavy atom. The Hall–Kier alpha value is -3.30. The lowest BCUT2D eigenvalue weighted by atomic mass is 10.1. The molecule has 6 aliphatic rings. The first-order valence-electron chi connectivity index (χ1n) is 29.2. The Morgan fingerprint density at radius 2 is 0.408 bits per heavy atom. The Morgan fingerprint density at radius 1 is 0.225 bits per heavy atom. The SMILES string of the molecule is O=C1CCCCCN1CCCCOCCCCN1CCCCCC1=O.O=C1CCCCCN1CCCOCCCN1CCCCCC1=O.O=C1CCCCN1CCCCOCCCCN1CCCCC1=O. The van der Waals surface area contributed by atoms with E-state index in [1.54, 1.807) is 0 Å². The number of rotatable bonds is 28. The third kappa shape index (κ3) is 27.5. The van der Waals surface area contributed by atoms with E-state index in [2.05, 4.69) is 0 Å². The predicted molar refractivity (Wildman–Crippen MR) is 280 cm³/mol. The first-order valence-corrected chi connectivity index (χ1v) is 29.2. The van der Waals surface area contributed by atoms with Crippen molar-refractivity contribution < 1.29 is 43.0 Å². The van der Waals surface area contributed by atoms with E-state index in [0.717, 1.165) is 272 Å². The second kappa shape index (κ2) is 39.2. The molecular formula is C56H100N6O9. The summed E-state index contributed by atoms with van der Waals surface area (Å²) in [5.74, 6) is 1.93. The molecule has 0 spiro atoms. The Labute approximate surface area is 430 Å². The maximum absolute atomic E-state index is 11.9. The van der Waals surface area contributed by atoms with Crippen molar-refractivity contribution in [2.24, 2.45) is 0 Å². The zero-order valence-corrected chi connectivity index (χ0v) is 44.7. The van der Waals surface area contributed by atoms with Gasteiger partial charge in [-0.25, -0.2) is 0 Å². The Balaban J connectivity index is 0.000000232. The largest absolute Gasteiger partial charge is 0.381 e. The molecule has 408 valence electrons. The van der Waals surface area contributed by atoms with E-state index < -0.39 is 0 Å². The standard InChI is InChI=1S/C20H36N2O3.2C18H32N2O3/c23-19-11-3-1-5-13-21(19)15-7-9-17-25-18-10-8-16-22-14-6-2-4-12-20(22)24;21-17-9-1-3-11-19(17)13-5-7-15-23-16-8-6-14-20-12-4-2-10-18(20)22;21-17-9-3-1-5-11-19(17)13-7-15-23-16-8-14-20-12-6-2-4-10-18(20)22/h1-18H2;2*1-16H2. The third-order valence-corrected chi connectivity index (χ3v) is 14.8. The van der Waals surface area contributed by atoms with Gasteiger partial charge < -0.3 is 43.6 Å². The molecule has 6 amide bonds. The summed E-state index contributed by atoms with van der Waals surface area (Å²) >= 11 is 0. The summed E-state index contributed by atoms with van der Waals surface area (Å²) in [4.78, 5) is 82.9. The van der Waals surface area contributed by atoms with Crippen molar-refractivity contribution in [1.82, 2.24) is 29.4 Å². The van der Waals surface area contributed by atoms with Gasteiger partial charge in [-0.05, 0) is 141 Å². The highest BCUT2D eigenvalue weighted by molar-refractivity contribution is 5.78. The second-order valence-electron chi connectivity index (χ2n) is 20.8. The van der Waals surface area contributed by atoms with Crippen LogP contribution in [0.4, 0.5) is 0 Å². The van der Waals surface area contributed by atoms with Crippen molar-refractivity contribution in [3.8, 4) is 0 Å². The van der Waals surface area contributed by atoms with Crippen molar-refractivity contribution in [3.63, 3.8) is 0 Å². The fourth-order valence-electron chi connectivity index (χ4n) is 10.3. The monoisotopic (exact) mass is 1000 g/mol. The highest BCUT2D eigenvalue weighted by atomic mass is 16.5. The average Bonchev–Trinajstić information content (AvgIpc) is 3.90. The van der Waals surface area contributed by atoms with E-state index >= 15 is 0 Å². The molecule has 15 nitrogen and oxygen atoms in total. The van der Waals surface area contributed by atoms with Crippen LogP contribution < -0.4 is 0 Å². The quantitative estimate of drug-likeness (QED) is 0.0703. The van der Waals surface area contributed by atoms with E-state index in [9.17, 15) is 28.8 Å². The second-order valence-corrected chi connectivity index (χ2v) is 20.8. The van der Waals surface area contributed by atoms with Gasteiger partial charge in [0.15, 0.2) is 0 Å². The molecule has 6 aliphatic heterocycles. The summed E-state index contributed by atoms with van der Waals surface area (Å²) in [6.07, 6.45) is 32.3. The number of likely N-dealkylation sites (tertiary alicyclic amines) is 6. The first-order chi connectivity index (χ1) is 34.8. The van der Waals surface area contributed by atoms with E-state index in [1.165, 1.54) is 25.7 Å². The molecule has 6 fully saturated rings. The highest BCUT2D eigenvalue weighted by Gasteiger charge is 2.21. The van der Waals surface area contributed by atoms with E-state index in [4.69, 9.17) is 14.2 Å². The predicted octanol–water partition coefficient (Wildman–Crippen LogP) is 8.55. The number of hydrogen-bond donors (Lipinski definition) is 0. The van der Waals surface area contributed by atoms with Crippen molar-refractivity contribution >= 4 is 35.4 Å². The lowest BCUT2D eigenvalue weighted by Gasteiger charge is -2.26. The van der Waals surface area contributed by atoms with Gasteiger partial charge in [-0.3, -0.25) is 28.8 Å². The zero-order valence-electron chi connectivity index (χ0n) is 44.7. The first kappa shape index (κ1) is 60.3. The summed E-state index contributed by atoms with van der Waals surface area (Å²) in [5.41, 5.74) is 0. The summed E-state index contributed by atoms with van der Waals surface area (Å²) in [7, 11) is 0. The van der Waals surface area contributed by atoms with Gasteiger partial charge in [0.25, 0.3) is 0 Å². The van der Waals surface area contributed by atoms with Crippen LogP contribution in [0.1, 0.15) is 205 Å². The molecule has 15 heteroatoms. The topological polar surface area (TPSA) is 150 Å². The fraction of sp³-hybridized carbons (Fsp3) is 0.893. The van der Waals surface area contributed by atoms with Crippen LogP contribution in [0, 0.1) is 0 Å². The molecule has 0 saturated carbocycles. The van der Waals surface area contributed by atoms with Gasteiger partial charge in [0, 0.05) is 157 Å². The van der Waals surface area contributed by atoms with Gasteiger partial charge in [0.05, 0.1) is 0 Å². The summed E-state index contributed by atoms with van der Waals surface area (Å²) in [6, 6.07) is 0. The zero-order chi connectivity index (χ0) is 50.4. The highest BCUT2D eigenvalue weighted by Crippen LogP contribution is 2.17. The number of hydrogen-bond acceptors (Lipinski definition) is 9. The molecule has 6 saturated heterocycles. The lowest BCUT2D eigenvalue weighted by molar-refractivity contribution is -0.134. The molecule has 71 heavy (non-hydrogen) atoms. The molecule has 0 N–H and O–H groups in total. The van der Waals surface area contributed by atoms with Crippen molar-refractivity contribution in [3.05, 3.63) is 0 Å². The van der Waals surface area contributed by atoms with E-state index in [0.29, 0.717) is 61.5 Å². The van der Waals surface area contributed by atoms with Crippen molar-refractivity contribution in [2.45, 2.75) is 205 Å². The van der Waals surface area contributed by atoms with Crippen LogP contribution in [0.2, 0.25) is 0 Å². The summed E-state index contributed by atoms with van der Waals surface area (Å²) in [6.45, 7) is 15.3. The van der Waals surface area contributed by atoms with Gasteiger partial charge >= 0.3 is 0 Å². The number of piperidine rings is 2. The van der Waals surface area contributed by atoms with E-state index in [-0.39, 0.29) is 0 Å². The molecule has 0 bridgehead atoms. The summed E-state index contributed by atoms with van der Waals surface area (Å²) < 4.78 is 17.0. The van der Waals surface area contributed by atoms with Crippen LogP contribution in [0.25, 0.3) is 0 Å². The normalized spacial score (nSPS) is 19.9. The minimum absolute atomic E-state index is 0.308. The number of amides is 6. The number of carbonyl (C=O) groups is 6. The van der Waals surface area contributed by atoms with Gasteiger partial charge in [-0.2, -0.15) is 0 Å². The number of unbranched alkanes of at least 4 members (excludes halogenated alkanes) is 4. The molecule has 0 unspecified atom stereocenters. The van der Waals surface area contributed by atoms with Crippen LogP contribution in [0.5, 0.6) is 0 Å². The maximum atomic E-state index is 11.9. The average molecular weight is 1000 g/mol. The molecule has 0 aliphatic carbocycles. The number of ether oxygens (including phenoxy) is 3. The van der Waals surface area contributed by atoms with Crippen molar-refractivity contribution in [2.75, 3.05) is 118 Å². The molecule has 0 atom stereocenters. The molecule has 0 aromatic heterocycles. The molecule has 6 heterocycles. The van der Waals surface area contributed by atoms with Crippen LogP contribution in [0.3, 0.4) is 0 Å². The smallest absolute Gasteiger partial charge is 0.222 e. The third-order valence-electron chi connectivity index (χ3n) is 14.8. The maximum Gasteiger partial charge on any atom is 0.222 e. The lowest BCUT2D eigenvalue weighted by Crippen LogP contribution is -2.36. The molecular weight excluding hydrogens is 901 g/mol. The molecule has 0 aromatic rings. The Bertz CT molecular complexity index is 1380. The minimum Gasteiger partial charge on any atom is -0.381 e. The number of nitrogens with zero attached hydrogens (tertiary/aromatic N) is 6. The van der Waals surface area contributed by atoms with E-state index in [1.807, 2.05) is 29.4 Å². The van der Waals surface area contributed by atoms with Crippen LogP contribution in [-0.4, -0.2) is 183 Å². The van der Waals surface area contributed by atoms with Gasteiger partial charge in [-0.1, -0.05) is 25.7 Å². The van der Waals surface area contributed by atoms with Gasteiger partial charge in [0.1, 0.15) is 0 Å².